The maximum Gasteiger partial charge on any atom is 0.190 e. The normalized spacial score (nSPS) is 31.7. The highest BCUT2D eigenvalue weighted by Gasteiger charge is 2.76. The summed E-state index contributed by atoms with van der Waals surface area (Å²) in [6, 6.07) is 9.66. The van der Waals surface area contributed by atoms with E-state index in [1.165, 1.54) is 6.07 Å². The third kappa shape index (κ3) is 4.29. The van der Waals surface area contributed by atoms with E-state index in [2.05, 4.69) is 39.0 Å². The van der Waals surface area contributed by atoms with Crippen LogP contribution >= 0.6 is 0 Å². The van der Waals surface area contributed by atoms with Gasteiger partial charge in [0.1, 0.15) is 17.5 Å². The molecule has 0 spiro atoms. The van der Waals surface area contributed by atoms with Crippen LogP contribution in [0.5, 0.6) is 5.75 Å². The summed E-state index contributed by atoms with van der Waals surface area (Å²) in [6.07, 6.45) is 1.89. The summed E-state index contributed by atoms with van der Waals surface area (Å²) in [5.74, 6) is -8.40. The van der Waals surface area contributed by atoms with Crippen LogP contribution in [0, 0.1) is 40.4 Å². The topological polar surface area (TPSA) is 126 Å². The van der Waals surface area contributed by atoms with Crippen molar-refractivity contribution >= 4 is 28.9 Å². The van der Waals surface area contributed by atoms with Gasteiger partial charge in [-0.3, -0.25) is 24.0 Å². The molecule has 0 saturated heterocycles. The highest BCUT2D eigenvalue weighted by molar-refractivity contribution is 6.32. The Hall–Kier alpha value is -3.45. The smallest absolute Gasteiger partial charge is 0.190 e. The molecule has 2 aromatic carbocycles. The molecule has 6 atom stereocenters. The SMILES string of the molecule is CCc1ccc(CC(C)C)cc1-c1ccc(O)c2c1C[C@]1(C)C[C@]3(C)C(C(C)C)C(=O)C(C(C)=O)C(=O)[C@]3(O)C(=O)C1C2=O. The van der Waals surface area contributed by atoms with E-state index in [0.717, 1.165) is 42.0 Å². The molecule has 7 heteroatoms. The van der Waals surface area contributed by atoms with Crippen molar-refractivity contribution in [3.63, 3.8) is 0 Å². The average molecular weight is 601 g/mol. The minimum Gasteiger partial charge on any atom is -0.507 e. The van der Waals surface area contributed by atoms with Crippen LogP contribution in [0.15, 0.2) is 30.3 Å². The van der Waals surface area contributed by atoms with E-state index in [4.69, 9.17) is 0 Å². The zero-order valence-electron chi connectivity index (χ0n) is 27.0. The van der Waals surface area contributed by atoms with Crippen LogP contribution in [0.25, 0.3) is 11.1 Å². The number of Topliss-reactive ketones (excluding diaryl/α,β-unsaturated/α-hetero) is 5. The summed E-state index contributed by atoms with van der Waals surface area (Å²) in [5.41, 5.74) is -0.624. The van der Waals surface area contributed by atoms with E-state index in [0.29, 0.717) is 11.5 Å². The van der Waals surface area contributed by atoms with E-state index < -0.39 is 63.1 Å². The Morgan fingerprint density at radius 3 is 2.20 bits per heavy atom. The van der Waals surface area contributed by atoms with Crippen molar-refractivity contribution in [1.82, 2.24) is 0 Å². The molecule has 2 fully saturated rings. The van der Waals surface area contributed by atoms with Crippen LogP contribution in [-0.4, -0.2) is 44.7 Å². The summed E-state index contributed by atoms with van der Waals surface area (Å²) in [6.45, 7) is 14.5. The van der Waals surface area contributed by atoms with Crippen molar-refractivity contribution in [2.45, 2.75) is 86.7 Å². The van der Waals surface area contributed by atoms with Gasteiger partial charge in [0.2, 0.25) is 0 Å². The predicted molar refractivity (Wildman–Crippen MR) is 166 cm³/mol. The second-order valence-corrected chi connectivity index (χ2v) is 14.8. The van der Waals surface area contributed by atoms with Crippen LogP contribution in [0.1, 0.15) is 88.9 Å². The van der Waals surface area contributed by atoms with Gasteiger partial charge in [0.25, 0.3) is 0 Å². The Bertz CT molecular complexity index is 1620. The van der Waals surface area contributed by atoms with E-state index in [9.17, 15) is 34.2 Å². The minimum absolute atomic E-state index is 0.0321. The number of phenolic OH excluding ortho intramolecular Hbond substituents is 1. The molecule has 0 heterocycles. The number of carbonyl (C=O) groups excluding carboxylic acids is 5. The van der Waals surface area contributed by atoms with Gasteiger partial charge in [-0.25, -0.2) is 0 Å². The molecule has 2 saturated carbocycles. The number of ketones is 5. The van der Waals surface area contributed by atoms with Crippen LogP contribution in [0.2, 0.25) is 0 Å². The Morgan fingerprint density at radius 2 is 1.64 bits per heavy atom. The lowest BCUT2D eigenvalue weighted by molar-refractivity contribution is -0.205. The number of rotatable bonds is 6. The van der Waals surface area contributed by atoms with Gasteiger partial charge in [-0.1, -0.05) is 72.7 Å². The van der Waals surface area contributed by atoms with Gasteiger partial charge in [0.05, 0.1) is 11.5 Å². The largest absolute Gasteiger partial charge is 0.507 e. The summed E-state index contributed by atoms with van der Waals surface area (Å²) in [5, 5.41) is 23.3. The number of fused-ring (bicyclic) bond motifs is 3. The molecule has 2 N–H and O–H groups in total. The van der Waals surface area contributed by atoms with Gasteiger partial charge in [-0.05, 0) is 83.7 Å². The van der Waals surface area contributed by atoms with Crippen molar-refractivity contribution in [1.29, 1.82) is 0 Å². The van der Waals surface area contributed by atoms with E-state index in [-0.39, 0.29) is 30.1 Å². The van der Waals surface area contributed by atoms with Crippen LogP contribution in [-0.2, 0) is 38.4 Å². The summed E-state index contributed by atoms with van der Waals surface area (Å²) in [4.78, 5) is 69.1. The van der Waals surface area contributed by atoms with E-state index >= 15 is 0 Å². The van der Waals surface area contributed by atoms with Crippen LogP contribution in [0.3, 0.4) is 0 Å². The first-order valence-electron chi connectivity index (χ1n) is 15.8. The molecule has 2 aromatic rings. The quantitative estimate of drug-likeness (QED) is 0.418. The first kappa shape index (κ1) is 32.0. The van der Waals surface area contributed by atoms with E-state index in [1.807, 2.05) is 13.0 Å². The zero-order chi connectivity index (χ0) is 32.7. The lowest BCUT2D eigenvalue weighted by Gasteiger charge is -2.61. The molecule has 0 amide bonds. The van der Waals surface area contributed by atoms with Crippen molar-refractivity contribution in [2.75, 3.05) is 0 Å². The second kappa shape index (κ2) is 10.6. The predicted octanol–water partition coefficient (Wildman–Crippen LogP) is 5.52. The number of carbonyl (C=O) groups is 5. The van der Waals surface area contributed by atoms with Gasteiger partial charge in [-0.15, -0.1) is 0 Å². The van der Waals surface area contributed by atoms with Crippen molar-refractivity contribution < 1.29 is 34.2 Å². The molecule has 3 aliphatic carbocycles. The van der Waals surface area contributed by atoms with Gasteiger partial charge in [0.15, 0.2) is 28.7 Å². The van der Waals surface area contributed by atoms with Crippen molar-refractivity contribution in [3.05, 3.63) is 52.6 Å². The minimum atomic E-state index is -2.70. The Morgan fingerprint density at radius 1 is 0.977 bits per heavy atom. The number of benzene rings is 2. The first-order valence-corrected chi connectivity index (χ1v) is 15.8. The summed E-state index contributed by atoms with van der Waals surface area (Å²) in [7, 11) is 0. The lowest BCUT2D eigenvalue weighted by Crippen LogP contribution is -2.76. The Balaban J connectivity index is 1.74. The Kier molecular flexibility index (Phi) is 7.68. The van der Waals surface area contributed by atoms with E-state index in [1.54, 1.807) is 20.8 Å². The molecule has 0 aromatic heterocycles. The number of aromatic hydroxyl groups is 1. The molecule has 0 radical (unpaired) electrons. The average Bonchev–Trinajstić information content (AvgIpc) is 2.90. The third-order valence-corrected chi connectivity index (χ3v) is 10.8. The first-order chi connectivity index (χ1) is 20.4. The van der Waals surface area contributed by atoms with Gasteiger partial charge in [-0.2, -0.15) is 0 Å². The van der Waals surface area contributed by atoms with Crippen LogP contribution in [0.4, 0.5) is 0 Å². The number of hydrogen-bond donors (Lipinski definition) is 2. The van der Waals surface area contributed by atoms with Gasteiger partial charge < -0.3 is 10.2 Å². The molecule has 3 unspecified atom stereocenters. The monoisotopic (exact) mass is 600 g/mol. The number of aryl methyl sites for hydroxylation is 1. The maximum atomic E-state index is 14.5. The molecular weight excluding hydrogens is 556 g/mol. The lowest BCUT2D eigenvalue weighted by atomic mass is 9.40. The summed E-state index contributed by atoms with van der Waals surface area (Å²) < 4.78 is 0. The number of phenols is 1. The fraction of sp³-hybridized carbons (Fsp3) is 0.541. The fourth-order valence-electron chi connectivity index (χ4n) is 9.17. The molecule has 5 rings (SSSR count). The molecule has 44 heavy (non-hydrogen) atoms. The third-order valence-electron chi connectivity index (χ3n) is 10.8. The second-order valence-electron chi connectivity index (χ2n) is 14.8. The fourth-order valence-corrected chi connectivity index (χ4v) is 9.17. The number of hydrogen-bond acceptors (Lipinski definition) is 7. The Labute approximate surface area is 259 Å². The molecule has 0 aliphatic heterocycles. The van der Waals surface area contributed by atoms with Crippen molar-refractivity contribution in [2.24, 2.45) is 40.4 Å². The van der Waals surface area contributed by atoms with Crippen LogP contribution < -0.4 is 0 Å². The van der Waals surface area contributed by atoms with Gasteiger partial charge >= 0.3 is 0 Å². The molecule has 234 valence electrons. The van der Waals surface area contributed by atoms with Gasteiger partial charge in [0, 0.05) is 11.3 Å². The summed E-state index contributed by atoms with van der Waals surface area (Å²) >= 11 is 0. The molecule has 0 bridgehead atoms. The molecule has 7 nitrogen and oxygen atoms in total. The highest BCUT2D eigenvalue weighted by Crippen LogP contribution is 2.64. The van der Waals surface area contributed by atoms with Crippen molar-refractivity contribution in [3.8, 4) is 16.9 Å². The molecule has 3 aliphatic rings. The highest BCUT2D eigenvalue weighted by atomic mass is 16.3. The maximum absolute atomic E-state index is 14.5. The number of aliphatic hydroxyl groups is 1. The standard InChI is InChI=1S/C37H44O7/c1-9-22-11-10-21(14-18(2)3)15-24(22)23-12-13-26(39)28-25(23)16-35(7)17-36(8)29(19(4)5)31(40)27(20(6)38)33(42)37(36,44)34(43)30(35)32(28)41/h10-13,15,18-19,27,29-30,39,44H,9,14,16-17H2,1-8H3/t27?,29?,30?,35-,36-,37+/m1/s1. The zero-order valence-corrected chi connectivity index (χ0v) is 27.0. The molecular formula is C37H44O7.